The standard InChI is InChI=1S/C10H13F2N3OS/c1-5-8(2-3-16-5)17-10-7(12)4-6(11)9(14-10)15-13/h4-5,8H,2-3,13H2,1H3,(H,14,15). The Morgan fingerprint density at radius 2 is 2.29 bits per heavy atom. The van der Waals surface area contributed by atoms with Crippen LogP contribution in [0.1, 0.15) is 13.3 Å². The molecule has 0 amide bonds. The van der Waals surface area contributed by atoms with Gasteiger partial charge >= 0.3 is 0 Å². The van der Waals surface area contributed by atoms with Crippen molar-refractivity contribution in [2.45, 2.75) is 29.7 Å². The minimum Gasteiger partial charge on any atom is -0.377 e. The normalized spacial score (nSPS) is 24.0. The zero-order valence-electron chi connectivity index (χ0n) is 9.24. The van der Waals surface area contributed by atoms with Crippen LogP contribution in [0.5, 0.6) is 0 Å². The smallest absolute Gasteiger partial charge is 0.177 e. The van der Waals surface area contributed by atoms with Gasteiger partial charge in [-0.3, -0.25) is 0 Å². The van der Waals surface area contributed by atoms with Gasteiger partial charge in [0.25, 0.3) is 0 Å². The van der Waals surface area contributed by atoms with Gasteiger partial charge in [-0.05, 0) is 13.3 Å². The quantitative estimate of drug-likeness (QED) is 0.643. The van der Waals surface area contributed by atoms with Crippen molar-refractivity contribution in [1.82, 2.24) is 4.98 Å². The number of nitrogens with zero attached hydrogens (tertiary/aromatic N) is 1. The number of nitrogens with one attached hydrogen (secondary N) is 1. The van der Waals surface area contributed by atoms with Crippen LogP contribution >= 0.6 is 11.8 Å². The number of nitrogen functional groups attached to an aromatic ring is 1. The summed E-state index contributed by atoms with van der Waals surface area (Å²) < 4.78 is 32.0. The molecule has 2 unspecified atom stereocenters. The average Bonchev–Trinajstić information content (AvgIpc) is 2.68. The van der Waals surface area contributed by atoms with E-state index < -0.39 is 11.6 Å². The molecule has 0 radical (unpaired) electrons. The zero-order valence-corrected chi connectivity index (χ0v) is 10.1. The molecular weight excluding hydrogens is 248 g/mol. The number of pyridine rings is 1. The molecule has 0 saturated carbocycles. The highest BCUT2D eigenvalue weighted by molar-refractivity contribution is 7.99. The Bertz CT molecular complexity index is 419. The van der Waals surface area contributed by atoms with E-state index in [1.807, 2.05) is 6.92 Å². The second-order valence-corrected chi connectivity index (χ2v) is 5.00. The van der Waals surface area contributed by atoms with E-state index in [2.05, 4.69) is 10.4 Å². The Morgan fingerprint density at radius 3 is 2.88 bits per heavy atom. The molecule has 1 aliphatic rings. The molecule has 7 heteroatoms. The van der Waals surface area contributed by atoms with E-state index in [4.69, 9.17) is 10.6 Å². The summed E-state index contributed by atoms with van der Waals surface area (Å²) in [5.74, 6) is 3.47. The average molecular weight is 261 g/mol. The van der Waals surface area contributed by atoms with E-state index in [-0.39, 0.29) is 22.2 Å². The molecule has 2 rings (SSSR count). The number of thioether (sulfide) groups is 1. The predicted molar refractivity (Wildman–Crippen MR) is 61.6 cm³/mol. The van der Waals surface area contributed by atoms with Gasteiger partial charge in [-0.25, -0.2) is 19.6 Å². The maximum Gasteiger partial charge on any atom is 0.177 e. The van der Waals surface area contributed by atoms with Crippen LogP contribution in [-0.2, 0) is 4.74 Å². The van der Waals surface area contributed by atoms with Crippen molar-refractivity contribution in [3.63, 3.8) is 0 Å². The van der Waals surface area contributed by atoms with Crippen molar-refractivity contribution >= 4 is 17.6 Å². The molecule has 1 aromatic rings. The van der Waals surface area contributed by atoms with Gasteiger partial charge in [0.15, 0.2) is 17.5 Å². The first-order valence-corrected chi connectivity index (χ1v) is 6.10. The summed E-state index contributed by atoms with van der Waals surface area (Å²) in [6, 6.07) is 0.783. The van der Waals surface area contributed by atoms with Gasteiger partial charge in [-0.2, -0.15) is 0 Å². The second-order valence-electron chi connectivity index (χ2n) is 3.77. The van der Waals surface area contributed by atoms with E-state index in [0.29, 0.717) is 6.61 Å². The summed E-state index contributed by atoms with van der Waals surface area (Å²) in [4.78, 5) is 3.81. The summed E-state index contributed by atoms with van der Waals surface area (Å²) in [7, 11) is 0. The highest BCUT2D eigenvalue weighted by Crippen LogP contribution is 2.33. The molecule has 2 atom stereocenters. The molecule has 1 aliphatic heterocycles. The number of ether oxygens (including phenoxy) is 1. The lowest BCUT2D eigenvalue weighted by Crippen LogP contribution is -2.15. The first kappa shape index (κ1) is 12.5. The third-order valence-corrected chi connectivity index (χ3v) is 4.04. The fraction of sp³-hybridized carbons (Fsp3) is 0.500. The number of rotatable bonds is 3. The van der Waals surface area contributed by atoms with Gasteiger partial charge in [-0.15, -0.1) is 0 Å². The number of hydrogen-bond acceptors (Lipinski definition) is 5. The number of anilines is 1. The predicted octanol–water partition coefficient (Wildman–Crippen LogP) is 1.91. The van der Waals surface area contributed by atoms with Crippen LogP contribution in [0.15, 0.2) is 11.1 Å². The van der Waals surface area contributed by atoms with E-state index in [9.17, 15) is 8.78 Å². The van der Waals surface area contributed by atoms with Crippen LogP contribution < -0.4 is 11.3 Å². The van der Waals surface area contributed by atoms with Crippen LogP contribution in [0.3, 0.4) is 0 Å². The number of aromatic nitrogens is 1. The minimum atomic E-state index is -0.801. The molecule has 1 saturated heterocycles. The highest BCUT2D eigenvalue weighted by atomic mass is 32.2. The van der Waals surface area contributed by atoms with Crippen molar-refractivity contribution in [3.8, 4) is 0 Å². The molecule has 0 bridgehead atoms. The van der Waals surface area contributed by atoms with Crippen LogP contribution in [0, 0.1) is 11.6 Å². The Kier molecular flexibility index (Phi) is 3.80. The molecule has 4 nitrogen and oxygen atoms in total. The summed E-state index contributed by atoms with van der Waals surface area (Å²) in [6.07, 6.45) is 0.871. The molecule has 0 aromatic carbocycles. The van der Waals surface area contributed by atoms with Gasteiger partial charge < -0.3 is 10.2 Å². The van der Waals surface area contributed by atoms with Gasteiger partial charge in [-0.1, -0.05) is 11.8 Å². The number of hydrazine groups is 1. The molecule has 94 valence electrons. The molecule has 1 aromatic heterocycles. The first-order chi connectivity index (χ1) is 8.11. The van der Waals surface area contributed by atoms with Gasteiger partial charge in [0.1, 0.15) is 5.03 Å². The van der Waals surface area contributed by atoms with Crippen molar-refractivity contribution < 1.29 is 13.5 Å². The lowest BCUT2D eigenvalue weighted by Gasteiger charge is -2.14. The van der Waals surface area contributed by atoms with Crippen LogP contribution in [0.25, 0.3) is 0 Å². The lowest BCUT2D eigenvalue weighted by atomic mass is 10.3. The summed E-state index contributed by atoms with van der Waals surface area (Å²) in [5.41, 5.74) is 2.10. The Morgan fingerprint density at radius 1 is 1.53 bits per heavy atom. The van der Waals surface area contributed by atoms with Gasteiger partial charge in [0, 0.05) is 17.9 Å². The van der Waals surface area contributed by atoms with Crippen LogP contribution in [0.4, 0.5) is 14.6 Å². The largest absolute Gasteiger partial charge is 0.377 e. The second kappa shape index (κ2) is 5.16. The van der Waals surface area contributed by atoms with E-state index in [0.717, 1.165) is 12.5 Å². The van der Waals surface area contributed by atoms with E-state index in [1.54, 1.807) is 0 Å². The first-order valence-electron chi connectivity index (χ1n) is 5.22. The van der Waals surface area contributed by atoms with Crippen molar-refractivity contribution in [1.29, 1.82) is 0 Å². The maximum atomic E-state index is 13.5. The zero-order chi connectivity index (χ0) is 12.4. The Labute approximate surface area is 102 Å². The number of hydrogen-bond donors (Lipinski definition) is 2. The molecule has 17 heavy (non-hydrogen) atoms. The van der Waals surface area contributed by atoms with E-state index >= 15 is 0 Å². The van der Waals surface area contributed by atoms with Crippen LogP contribution in [0.2, 0.25) is 0 Å². The van der Waals surface area contributed by atoms with Gasteiger partial charge in [0.2, 0.25) is 0 Å². The van der Waals surface area contributed by atoms with E-state index in [1.165, 1.54) is 11.8 Å². The number of halogens is 2. The monoisotopic (exact) mass is 261 g/mol. The summed E-state index contributed by atoms with van der Waals surface area (Å²) in [6.45, 7) is 2.58. The Hall–Kier alpha value is -0.920. The highest BCUT2D eigenvalue weighted by Gasteiger charge is 2.27. The maximum absolute atomic E-state index is 13.5. The van der Waals surface area contributed by atoms with Crippen LogP contribution in [-0.4, -0.2) is 22.9 Å². The molecule has 0 aliphatic carbocycles. The number of nitrogens with two attached hydrogens (primary N) is 1. The molecule has 2 heterocycles. The SMILES string of the molecule is CC1OCCC1Sc1nc(NN)c(F)cc1F. The van der Waals surface area contributed by atoms with Crippen molar-refractivity contribution in [3.05, 3.63) is 17.7 Å². The fourth-order valence-electron chi connectivity index (χ4n) is 1.64. The topological polar surface area (TPSA) is 60.2 Å². The third-order valence-electron chi connectivity index (χ3n) is 2.60. The third kappa shape index (κ3) is 2.67. The minimum absolute atomic E-state index is 0.0422. The summed E-state index contributed by atoms with van der Waals surface area (Å²) >= 11 is 1.25. The molecule has 3 N–H and O–H groups in total. The molecular formula is C10H13F2N3OS. The summed E-state index contributed by atoms with van der Waals surface area (Å²) in [5, 5.41) is 0.273. The molecule has 0 spiro atoms. The Balaban J connectivity index is 2.20. The van der Waals surface area contributed by atoms with Crippen molar-refractivity contribution in [2.24, 2.45) is 5.84 Å². The molecule has 1 fully saturated rings. The fourth-order valence-corrected chi connectivity index (χ4v) is 2.73. The van der Waals surface area contributed by atoms with Crippen molar-refractivity contribution in [2.75, 3.05) is 12.0 Å². The lowest BCUT2D eigenvalue weighted by molar-refractivity contribution is 0.127. The van der Waals surface area contributed by atoms with Gasteiger partial charge in [0.05, 0.1) is 6.10 Å².